The van der Waals surface area contributed by atoms with Gasteiger partial charge < -0.3 is 5.11 Å². The summed E-state index contributed by atoms with van der Waals surface area (Å²) in [5.74, 6) is -1.83. The number of aliphatic carboxylic acids is 1. The minimum absolute atomic E-state index is 0.208. The van der Waals surface area contributed by atoms with Gasteiger partial charge in [0.15, 0.2) is 0 Å². The van der Waals surface area contributed by atoms with Crippen molar-refractivity contribution >= 4 is 38.5 Å². The van der Waals surface area contributed by atoms with Gasteiger partial charge >= 0.3 is 5.97 Å². The van der Waals surface area contributed by atoms with Crippen LogP contribution in [0.1, 0.15) is 61.1 Å². The molecule has 5 nitrogen and oxygen atoms in total. The van der Waals surface area contributed by atoms with E-state index in [9.17, 15) is 18.3 Å². The summed E-state index contributed by atoms with van der Waals surface area (Å²) in [5, 5.41) is 9.73. The standard InChI is InChI=1S/C24H26ClNO4S/c1-5-20(24(27)28)22-14-18-13-19(25)10-11-21(18)26(22)31(29,30)23(6-2)17-9-7-8-16(12-17)15(3)4/h6-15,20,23H,2,5H2,1,3-4H3,(H,27,28). The van der Waals surface area contributed by atoms with E-state index in [2.05, 4.69) is 6.58 Å². The van der Waals surface area contributed by atoms with Crippen molar-refractivity contribution in [1.29, 1.82) is 0 Å². The topological polar surface area (TPSA) is 76.4 Å². The first-order valence-corrected chi connectivity index (χ1v) is 12.0. The molecule has 0 aliphatic carbocycles. The van der Waals surface area contributed by atoms with Gasteiger partial charge in [0.25, 0.3) is 0 Å². The zero-order valence-corrected chi connectivity index (χ0v) is 19.3. The molecule has 0 amide bonds. The van der Waals surface area contributed by atoms with Crippen molar-refractivity contribution < 1.29 is 18.3 Å². The molecule has 0 radical (unpaired) electrons. The number of nitrogens with zero attached hydrogens (tertiary/aromatic N) is 1. The summed E-state index contributed by atoms with van der Waals surface area (Å²) in [6.45, 7) is 9.58. The van der Waals surface area contributed by atoms with Crippen molar-refractivity contribution in [2.24, 2.45) is 0 Å². The third kappa shape index (κ3) is 4.27. The average molecular weight is 460 g/mol. The number of rotatable bonds is 8. The first kappa shape index (κ1) is 23.1. The maximum absolute atomic E-state index is 13.9. The lowest BCUT2D eigenvalue weighted by Crippen LogP contribution is -2.25. The molecule has 0 bridgehead atoms. The van der Waals surface area contributed by atoms with Crippen LogP contribution in [0.3, 0.4) is 0 Å². The number of hydrogen-bond donors (Lipinski definition) is 1. The number of carbonyl (C=O) groups is 1. The number of carboxylic acids is 1. The van der Waals surface area contributed by atoms with Crippen LogP contribution in [0.15, 0.2) is 61.2 Å². The van der Waals surface area contributed by atoms with Crippen LogP contribution >= 0.6 is 11.6 Å². The molecule has 0 saturated carbocycles. The second-order valence-corrected chi connectivity index (χ2v) is 10.2. The molecule has 164 valence electrons. The third-order valence-electron chi connectivity index (χ3n) is 5.50. The van der Waals surface area contributed by atoms with E-state index in [1.54, 1.807) is 37.3 Å². The van der Waals surface area contributed by atoms with Crippen LogP contribution in [0.25, 0.3) is 10.9 Å². The number of aromatic nitrogens is 1. The van der Waals surface area contributed by atoms with Gasteiger partial charge in [0.1, 0.15) is 5.25 Å². The Kier molecular flexibility index (Phi) is 6.62. The Hall–Kier alpha value is -2.57. The zero-order valence-electron chi connectivity index (χ0n) is 17.7. The lowest BCUT2D eigenvalue weighted by Gasteiger charge is -2.21. The van der Waals surface area contributed by atoms with Crippen molar-refractivity contribution in [3.05, 3.63) is 83.0 Å². The molecule has 1 aromatic heterocycles. The molecule has 31 heavy (non-hydrogen) atoms. The van der Waals surface area contributed by atoms with Crippen molar-refractivity contribution in [2.75, 3.05) is 0 Å². The highest BCUT2D eigenvalue weighted by atomic mass is 35.5. The third-order valence-corrected chi connectivity index (χ3v) is 7.76. The predicted molar refractivity (Wildman–Crippen MR) is 125 cm³/mol. The lowest BCUT2D eigenvalue weighted by molar-refractivity contribution is -0.138. The van der Waals surface area contributed by atoms with Gasteiger partial charge in [-0.2, -0.15) is 0 Å². The Morgan fingerprint density at radius 1 is 1.16 bits per heavy atom. The lowest BCUT2D eigenvalue weighted by atomic mass is 10.00. The van der Waals surface area contributed by atoms with E-state index < -0.39 is 27.2 Å². The van der Waals surface area contributed by atoms with Crippen LogP contribution in [-0.4, -0.2) is 23.5 Å². The van der Waals surface area contributed by atoms with Gasteiger partial charge in [0.05, 0.1) is 11.4 Å². The second-order valence-electron chi connectivity index (χ2n) is 7.86. The van der Waals surface area contributed by atoms with Crippen molar-refractivity contribution in [2.45, 2.75) is 44.3 Å². The molecule has 0 saturated heterocycles. The van der Waals surface area contributed by atoms with E-state index in [0.29, 0.717) is 21.5 Å². The molecule has 3 aromatic rings. The first-order valence-electron chi connectivity index (χ1n) is 10.1. The van der Waals surface area contributed by atoms with Crippen LogP contribution < -0.4 is 0 Å². The fourth-order valence-corrected chi connectivity index (χ4v) is 5.91. The summed E-state index contributed by atoms with van der Waals surface area (Å²) in [6, 6.07) is 13.9. The van der Waals surface area contributed by atoms with Gasteiger partial charge in [-0.25, -0.2) is 12.4 Å². The Balaban J connectivity index is 2.30. The van der Waals surface area contributed by atoms with E-state index in [0.717, 1.165) is 9.54 Å². The summed E-state index contributed by atoms with van der Waals surface area (Å²) < 4.78 is 29.0. The maximum Gasteiger partial charge on any atom is 0.312 e. The number of fused-ring (bicyclic) bond motifs is 1. The predicted octanol–water partition coefficient (Wildman–Crippen LogP) is 6.10. The average Bonchev–Trinajstić information content (AvgIpc) is 3.07. The fourth-order valence-electron chi connectivity index (χ4n) is 3.86. The van der Waals surface area contributed by atoms with E-state index in [1.807, 2.05) is 32.0 Å². The number of halogens is 1. The minimum Gasteiger partial charge on any atom is -0.481 e. The Morgan fingerprint density at radius 3 is 2.42 bits per heavy atom. The SMILES string of the molecule is C=CC(c1cccc(C(C)C)c1)S(=O)(=O)n1c(C(CC)C(=O)O)cc2cc(Cl)ccc21. The first-order chi connectivity index (χ1) is 14.6. The van der Waals surface area contributed by atoms with E-state index in [4.69, 9.17) is 11.6 Å². The molecule has 2 atom stereocenters. The highest BCUT2D eigenvalue weighted by Crippen LogP contribution is 2.36. The molecule has 7 heteroatoms. The van der Waals surface area contributed by atoms with Gasteiger partial charge in [-0.05, 0) is 47.7 Å². The van der Waals surface area contributed by atoms with Gasteiger partial charge in [0, 0.05) is 16.1 Å². The molecule has 0 aliphatic rings. The smallest absolute Gasteiger partial charge is 0.312 e. The van der Waals surface area contributed by atoms with Crippen LogP contribution in [-0.2, 0) is 14.8 Å². The summed E-state index contributed by atoms with van der Waals surface area (Å²) in [4.78, 5) is 11.9. The molecular formula is C24H26ClNO4S. The van der Waals surface area contributed by atoms with Gasteiger partial charge in [0.2, 0.25) is 10.0 Å². The van der Waals surface area contributed by atoms with Gasteiger partial charge in [-0.3, -0.25) is 4.79 Å². The van der Waals surface area contributed by atoms with Crippen molar-refractivity contribution in [3.8, 4) is 0 Å². The highest BCUT2D eigenvalue weighted by Gasteiger charge is 2.33. The van der Waals surface area contributed by atoms with Crippen LogP contribution in [0.2, 0.25) is 5.02 Å². The summed E-state index contributed by atoms with van der Waals surface area (Å²) in [5.41, 5.74) is 2.21. The second kappa shape index (κ2) is 8.89. The molecule has 0 aliphatic heterocycles. The number of hydrogen-bond acceptors (Lipinski definition) is 3. The molecular weight excluding hydrogens is 434 g/mol. The highest BCUT2D eigenvalue weighted by molar-refractivity contribution is 7.90. The largest absolute Gasteiger partial charge is 0.481 e. The van der Waals surface area contributed by atoms with Crippen molar-refractivity contribution in [3.63, 3.8) is 0 Å². The summed E-state index contributed by atoms with van der Waals surface area (Å²) in [7, 11) is -4.07. The van der Waals surface area contributed by atoms with E-state index in [1.165, 1.54) is 6.08 Å². The molecule has 0 spiro atoms. The minimum atomic E-state index is -4.07. The van der Waals surface area contributed by atoms with Crippen LogP contribution in [0.5, 0.6) is 0 Å². The van der Waals surface area contributed by atoms with Crippen LogP contribution in [0.4, 0.5) is 0 Å². The molecule has 3 rings (SSSR count). The van der Waals surface area contributed by atoms with Gasteiger partial charge in [-0.1, -0.05) is 62.7 Å². The summed E-state index contributed by atoms with van der Waals surface area (Å²) in [6.07, 6.45) is 1.64. The summed E-state index contributed by atoms with van der Waals surface area (Å²) >= 11 is 6.11. The molecule has 2 aromatic carbocycles. The fraction of sp³-hybridized carbons (Fsp3) is 0.292. The molecule has 0 fully saturated rings. The maximum atomic E-state index is 13.9. The van der Waals surface area contributed by atoms with Crippen molar-refractivity contribution in [1.82, 2.24) is 3.97 Å². The Labute approximate surface area is 188 Å². The van der Waals surface area contributed by atoms with Gasteiger partial charge in [-0.15, -0.1) is 6.58 Å². The van der Waals surface area contributed by atoms with Crippen LogP contribution in [0, 0.1) is 0 Å². The molecule has 1 heterocycles. The zero-order chi connectivity index (χ0) is 22.9. The number of benzene rings is 2. The van der Waals surface area contributed by atoms with E-state index >= 15 is 0 Å². The molecule has 2 unspecified atom stereocenters. The number of carboxylic acid groups (broad SMARTS) is 1. The monoisotopic (exact) mass is 459 g/mol. The normalized spacial score (nSPS) is 14.0. The van der Waals surface area contributed by atoms with E-state index in [-0.39, 0.29) is 18.0 Å². The Morgan fingerprint density at radius 2 is 1.84 bits per heavy atom. The Bertz CT molecular complexity index is 1240. The quantitative estimate of drug-likeness (QED) is 0.413. The molecule has 1 N–H and O–H groups in total.